The highest BCUT2D eigenvalue weighted by molar-refractivity contribution is 5.85. The van der Waals surface area contributed by atoms with E-state index in [2.05, 4.69) is 0 Å². The lowest BCUT2D eigenvalue weighted by Gasteiger charge is -2.38. The molecule has 4 heterocycles. The number of nitrogens with zero attached hydrogens (tertiary/aromatic N) is 2. The van der Waals surface area contributed by atoms with E-state index in [-0.39, 0.29) is 5.56 Å². The zero-order chi connectivity index (χ0) is 19.6. The van der Waals surface area contributed by atoms with E-state index in [0.29, 0.717) is 36.2 Å². The van der Waals surface area contributed by atoms with E-state index in [0.717, 1.165) is 22.2 Å². The number of pyridine rings is 2. The number of esters is 1. The van der Waals surface area contributed by atoms with Gasteiger partial charge in [-0.1, -0.05) is 32.0 Å². The summed E-state index contributed by atoms with van der Waals surface area (Å²) < 4.78 is 7.26. The number of hydrogen-bond acceptors (Lipinski definition) is 5. The van der Waals surface area contributed by atoms with Gasteiger partial charge in [-0.15, -0.1) is 0 Å². The van der Waals surface area contributed by atoms with Crippen molar-refractivity contribution in [3.05, 3.63) is 63.4 Å². The molecule has 1 aromatic carbocycles. The molecule has 6 heteroatoms. The third-order valence-corrected chi connectivity index (χ3v) is 6.12. The van der Waals surface area contributed by atoms with Gasteiger partial charge in [0.25, 0.3) is 5.56 Å². The summed E-state index contributed by atoms with van der Waals surface area (Å²) in [5.41, 5.74) is 2.68. The van der Waals surface area contributed by atoms with Crippen LogP contribution in [0.4, 0.5) is 0 Å². The van der Waals surface area contributed by atoms with Crippen molar-refractivity contribution in [2.45, 2.75) is 44.9 Å². The predicted molar refractivity (Wildman–Crippen MR) is 104 cm³/mol. The van der Waals surface area contributed by atoms with Gasteiger partial charge in [0.1, 0.15) is 5.60 Å². The summed E-state index contributed by atoms with van der Waals surface area (Å²) in [6, 6.07) is 11.6. The number of rotatable bonds is 2. The van der Waals surface area contributed by atoms with Crippen molar-refractivity contribution in [1.82, 2.24) is 9.55 Å². The van der Waals surface area contributed by atoms with Crippen LogP contribution < -0.4 is 5.56 Å². The Morgan fingerprint density at radius 3 is 2.71 bits per heavy atom. The first-order valence-electron chi connectivity index (χ1n) is 9.57. The number of cyclic esters (lactones) is 1. The van der Waals surface area contributed by atoms with Crippen LogP contribution in [-0.4, -0.2) is 20.6 Å². The smallest absolute Gasteiger partial charge is 0.340 e. The Labute approximate surface area is 161 Å². The Kier molecular flexibility index (Phi) is 3.52. The van der Waals surface area contributed by atoms with Crippen LogP contribution in [0.5, 0.6) is 0 Å². The minimum atomic E-state index is -1.45. The predicted octanol–water partition coefficient (Wildman–Crippen LogP) is 3.03. The van der Waals surface area contributed by atoms with Crippen molar-refractivity contribution in [3.63, 3.8) is 0 Å². The maximum atomic E-state index is 13.5. The number of benzene rings is 1. The number of ether oxygens (including phenoxy) is 1. The summed E-state index contributed by atoms with van der Waals surface area (Å²) in [5, 5.41) is 11.5. The number of aliphatic hydroxyl groups excluding tert-OH is 1. The van der Waals surface area contributed by atoms with Crippen LogP contribution in [0.1, 0.15) is 49.5 Å². The summed E-state index contributed by atoms with van der Waals surface area (Å²) >= 11 is 0. The molecule has 0 fully saturated rings. The van der Waals surface area contributed by atoms with Crippen molar-refractivity contribution in [2.24, 2.45) is 0 Å². The van der Waals surface area contributed by atoms with Gasteiger partial charge in [0.15, 0.2) is 6.10 Å². The number of hydrogen-bond donors (Lipinski definition) is 1. The average Bonchev–Trinajstić information content (AvgIpc) is 3.07. The molecular weight excluding hydrogens is 356 g/mol. The molecule has 28 heavy (non-hydrogen) atoms. The van der Waals surface area contributed by atoms with Gasteiger partial charge in [-0.2, -0.15) is 0 Å². The summed E-state index contributed by atoms with van der Waals surface area (Å²) in [6.07, 6.45) is -0.513. The van der Waals surface area contributed by atoms with Crippen LogP contribution in [0, 0.1) is 0 Å². The van der Waals surface area contributed by atoms with Gasteiger partial charge in [-0.25, -0.2) is 9.78 Å². The molecule has 2 aliphatic rings. The Morgan fingerprint density at radius 1 is 1.21 bits per heavy atom. The van der Waals surface area contributed by atoms with Gasteiger partial charge in [-0.3, -0.25) is 4.79 Å². The minimum Gasteiger partial charge on any atom is -0.452 e. The normalized spacial score (nSPS) is 19.1. The molecule has 2 aliphatic heterocycles. The van der Waals surface area contributed by atoms with Gasteiger partial charge in [0.2, 0.25) is 0 Å². The molecule has 6 nitrogen and oxygen atoms in total. The Bertz CT molecular complexity index is 1210. The molecule has 0 spiro atoms. The number of fused-ring (bicyclic) bond motifs is 5. The van der Waals surface area contributed by atoms with Gasteiger partial charge in [0, 0.05) is 16.5 Å². The van der Waals surface area contributed by atoms with E-state index in [1.54, 1.807) is 10.6 Å². The molecule has 0 amide bonds. The highest BCUT2D eigenvalue weighted by atomic mass is 16.6. The SMILES string of the molecule is CCC1(CC)OC(=O)C(O)c2cc3n(c(=O)c21)Cc1cc2ccccc2nc1-3. The fourth-order valence-corrected chi connectivity index (χ4v) is 4.54. The number of carbonyl (C=O) groups excluding carboxylic acids is 1. The lowest BCUT2D eigenvalue weighted by atomic mass is 9.82. The molecule has 2 aromatic heterocycles. The third-order valence-electron chi connectivity index (χ3n) is 6.12. The molecule has 3 aromatic rings. The molecule has 1 N–H and O–H groups in total. The van der Waals surface area contributed by atoms with Gasteiger partial charge >= 0.3 is 5.97 Å². The Hall–Kier alpha value is -2.99. The van der Waals surface area contributed by atoms with E-state index < -0.39 is 17.7 Å². The number of aliphatic hydroxyl groups is 1. The summed E-state index contributed by atoms with van der Waals surface area (Å²) in [7, 11) is 0. The lowest BCUT2D eigenvalue weighted by Crippen LogP contribution is -2.45. The first-order chi connectivity index (χ1) is 13.5. The van der Waals surface area contributed by atoms with Gasteiger partial charge in [-0.05, 0) is 31.0 Å². The van der Waals surface area contributed by atoms with E-state index >= 15 is 0 Å². The van der Waals surface area contributed by atoms with Crippen molar-refractivity contribution in [3.8, 4) is 11.4 Å². The van der Waals surface area contributed by atoms with E-state index in [9.17, 15) is 14.7 Å². The quantitative estimate of drug-likeness (QED) is 0.544. The second-order valence-corrected chi connectivity index (χ2v) is 7.47. The van der Waals surface area contributed by atoms with Crippen LogP contribution in [0.15, 0.2) is 41.2 Å². The number of aromatic nitrogens is 2. The van der Waals surface area contributed by atoms with Crippen molar-refractivity contribution >= 4 is 16.9 Å². The topological polar surface area (TPSA) is 81.4 Å². The summed E-state index contributed by atoms with van der Waals surface area (Å²) in [4.78, 5) is 30.6. The first kappa shape index (κ1) is 17.1. The second kappa shape index (κ2) is 5.75. The van der Waals surface area contributed by atoms with Crippen LogP contribution in [-0.2, 0) is 21.7 Å². The average molecular weight is 376 g/mol. The van der Waals surface area contributed by atoms with Crippen molar-refractivity contribution < 1.29 is 14.6 Å². The molecule has 142 valence electrons. The maximum Gasteiger partial charge on any atom is 0.340 e. The first-order valence-corrected chi connectivity index (χ1v) is 9.57. The van der Waals surface area contributed by atoms with Crippen LogP contribution in [0.3, 0.4) is 0 Å². The van der Waals surface area contributed by atoms with E-state index in [4.69, 9.17) is 9.72 Å². The third kappa shape index (κ3) is 2.09. The molecule has 1 unspecified atom stereocenters. The van der Waals surface area contributed by atoms with Gasteiger partial charge < -0.3 is 14.4 Å². The molecule has 5 rings (SSSR count). The Balaban J connectivity index is 1.82. The number of para-hydroxylation sites is 1. The summed E-state index contributed by atoms with van der Waals surface area (Å²) in [6.45, 7) is 4.19. The molecule has 0 bridgehead atoms. The van der Waals surface area contributed by atoms with Crippen LogP contribution in [0.25, 0.3) is 22.3 Å². The number of carbonyl (C=O) groups is 1. The second-order valence-electron chi connectivity index (χ2n) is 7.47. The molecule has 0 radical (unpaired) electrons. The molecule has 0 aliphatic carbocycles. The molecule has 1 atom stereocenters. The highest BCUT2D eigenvalue weighted by Crippen LogP contribution is 2.43. The maximum absolute atomic E-state index is 13.5. The highest BCUT2D eigenvalue weighted by Gasteiger charge is 2.47. The van der Waals surface area contributed by atoms with Crippen LogP contribution >= 0.6 is 0 Å². The minimum absolute atomic E-state index is 0.218. The zero-order valence-corrected chi connectivity index (χ0v) is 15.7. The fraction of sp³-hybridized carbons (Fsp3) is 0.318. The molecule has 0 saturated carbocycles. The standard InChI is InChI=1S/C22H20N2O4/c1-3-22(4-2)17-14(19(25)21(27)28-22)10-16-18-13(11-24(16)20(17)26)9-12-7-5-6-8-15(12)23-18/h5-10,19,25H,3-4,11H2,1-2H3. The summed E-state index contributed by atoms with van der Waals surface area (Å²) in [5.74, 6) is -0.703. The zero-order valence-electron chi connectivity index (χ0n) is 15.7. The van der Waals surface area contributed by atoms with Crippen molar-refractivity contribution in [2.75, 3.05) is 0 Å². The van der Waals surface area contributed by atoms with E-state index in [1.165, 1.54) is 0 Å². The van der Waals surface area contributed by atoms with Gasteiger partial charge in [0.05, 0.1) is 29.0 Å². The molecule has 0 saturated heterocycles. The lowest BCUT2D eigenvalue weighted by molar-refractivity contribution is -0.177. The Morgan fingerprint density at radius 2 is 1.96 bits per heavy atom. The fourth-order valence-electron chi connectivity index (χ4n) is 4.54. The van der Waals surface area contributed by atoms with E-state index in [1.807, 2.05) is 44.2 Å². The van der Waals surface area contributed by atoms with Crippen molar-refractivity contribution in [1.29, 1.82) is 0 Å². The molecular formula is C22H20N2O4. The largest absolute Gasteiger partial charge is 0.452 e. The van der Waals surface area contributed by atoms with Crippen LogP contribution in [0.2, 0.25) is 0 Å². The monoisotopic (exact) mass is 376 g/mol.